The van der Waals surface area contributed by atoms with Crippen molar-refractivity contribution in [2.75, 3.05) is 43.6 Å². The predicted molar refractivity (Wildman–Crippen MR) is 124 cm³/mol. The van der Waals surface area contributed by atoms with E-state index in [1.807, 2.05) is 13.8 Å². The summed E-state index contributed by atoms with van der Waals surface area (Å²) in [5.74, 6) is 3.43. The van der Waals surface area contributed by atoms with Crippen molar-refractivity contribution in [2.45, 2.75) is 52.9 Å². The summed E-state index contributed by atoms with van der Waals surface area (Å²) in [7, 11) is 2.12. The van der Waals surface area contributed by atoms with Crippen LogP contribution in [-0.4, -0.2) is 68.8 Å². The second-order valence-corrected chi connectivity index (χ2v) is 8.58. The molecule has 1 unspecified atom stereocenters. The number of ether oxygens (including phenoxy) is 1. The van der Waals surface area contributed by atoms with Crippen LogP contribution in [0, 0.1) is 12.8 Å². The summed E-state index contributed by atoms with van der Waals surface area (Å²) in [5, 5.41) is 4.60. The Bertz CT molecular complexity index is 956. The smallest absolute Gasteiger partial charge is 0.328 e. The molecule has 1 aliphatic heterocycles. The zero-order chi connectivity index (χ0) is 22.5. The van der Waals surface area contributed by atoms with Crippen LogP contribution in [0.2, 0.25) is 0 Å². The molecule has 1 N–H and O–H groups in total. The van der Waals surface area contributed by atoms with E-state index in [1.54, 1.807) is 6.07 Å². The van der Waals surface area contributed by atoms with E-state index >= 15 is 0 Å². The molecule has 2 fully saturated rings. The monoisotopic (exact) mass is 439 g/mol. The summed E-state index contributed by atoms with van der Waals surface area (Å²) in [6.07, 6.45) is 5.38. The molecule has 2 aromatic heterocycles. The first kappa shape index (κ1) is 22.3. The number of anilines is 2. The third kappa shape index (κ3) is 5.67. The van der Waals surface area contributed by atoms with Crippen LogP contribution in [-0.2, 0) is 6.42 Å². The molecule has 1 saturated carbocycles. The van der Waals surface area contributed by atoms with Crippen molar-refractivity contribution in [1.29, 1.82) is 0 Å². The summed E-state index contributed by atoms with van der Waals surface area (Å²) in [5.41, 5.74) is 4.28. The van der Waals surface area contributed by atoms with Gasteiger partial charge in [0.15, 0.2) is 5.82 Å². The molecule has 172 valence electrons. The molecule has 3 heterocycles. The van der Waals surface area contributed by atoms with Gasteiger partial charge in [-0.05, 0) is 39.2 Å². The molecule has 0 radical (unpaired) electrons. The molecular weight excluding hydrogens is 406 g/mol. The van der Waals surface area contributed by atoms with Gasteiger partial charge in [-0.15, -0.1) is 0 Å². The number of aromatic nitrogens is 5. The van der Waals surface area contributed by atoms with E-state index in [0.717, 1.165) is 32.6 Å². The van der Waals surface area contributed by atoms with Gasteiger partial charge in [-0.2, -0.15) is 25.0 Å². The standard InChI is InChI=1S/C22H33N9O/c1-5-18-25-21(31-12-10-30(4)11-13-31)27-22(26-18)32-20-14-19(23-16(3)24-20)29-28-17-9-7-6-8-15(17)2/h14-15H,5-13H2,1-4H3,(H,23,24,29)/b28-17+. The minimum atomic E-state index is 0.252. The Kier molecular flexibility index (Phi) is 7.09. The highest BCUT2D eigenvalue weighted by Crippen LogP contribution is 2.23. The van der Waals surface area contributed by atoms with Gasteiger partial charge in [0.1, 0.15) is 11.6 Å². The lowest BCUT2D eigenvalue weighted by Crippen LogP contribution is -2.45. The zero-order valence-electron chi connectivity index (χ0n) is 19.5. The summed E-state index contributed by atoms with van der Waals surface area (Å²) in [6.45, 7) is 9.79. The Balaban J connectivity index is 1.52. The largest absolute Gasteiger partial charge is 0.405 e. The Morgan fingerprint density at radius 3 is 2.66 bits per heavy atom. The lowest BCUT2D eigenvalue weighted by molar-refractivity contribution is 0.310. The number of hydrogen-bond acceptors (Lipinski definition) is 10. The van der Waals surface area contributed by atoms with E-state index in [0.29, 0.717) is 41.6 Å². The van der Waals surface area contributed by atoms with Gasteiger partial charge in [-0.3, -0.25) is 5.43 Å². The highest BCUT2D eigenvalue weighted by Gasteiger charge is 2.19. The third-order valence-electron chi connectivity index (χ3n) is 5.97. The van der Waals surface area contributed by atoms with Crippen LogP contribution in [0.15, 0.2) is 11.2 Å². The number of rotatable bonds is 6. The topological polar surface area (TPSA) is 105 Å². The second-order valence-electron chi connectivity index (χ2n) is 8.58. The molecule has 32 heavy (non-hydrogen) atoms. The molecule has 1 aliphatic carbocycles. The number of aryl methyl sites for hydroxylation is 2. The maximum Gasteiger partial charge on any atom is 0.328 e. The van der Waals surface area contributed by atoms with Crippen LogP contribution >= 0.6 is 0 Å². The van der Waals surface area contributed by atoms with Gasteiger partial charge >= 0.3 is 6.01 Å². The van der Waals surface area contributed by atoms with Gasteiger partial charge in [0.25, 0.3) is 0 Å². The molecule has 1 atom stereocenters. The van der Waals surface area contributed by atoms with Crippen LogP contribution in [0.3, 0.4) is 0 Å². The normalized spacial score (nSPS) is 21.1. The van der Waals surface area contributed by atoms with E-state index in [4.69, 9.17) is 4.74 Å². The van der Waals surface area contributed by atoms with Crippen LogP contribution in [0.25, 0.3) is 0 Å². The average molecular weight is 440 g/mol. The average Bonchev–Trinajstić information content (AvgIpc) is 2.78. The number of hydrogen-bond donors (Lipinski definition) is 1. The second kappa shape index (κ2) is 10.2. The Morgan fingerprint density at radius 2 is 1.91 bits per heavy atom. The summed E-state index contributed by atoms with van der Waals surface area (Å²) >= 11 is 0. The lowest BCUT2D eigenvalue weighted by Gasteiger charge is -2.32. The molecule has 4 rings (SSSR count). The van der Waals surface area contributed by atoms with E-state index < -0.39 is 0 Å². The quantitative estimate of drug-likeness (QED) is 0.680. The first-order chi connectivity index (χ1) is 15.5. The minimum Gasteiger partial charge on any atom is -0.405 e. The molecule has 2 aliphatic rings. The first-order valence-electron chi connectivity index (χ1n) is 11.5. The Labute approximate surface area is 189 Å². The van der Waals surface area contributed by atoms with Crippen LogP contribution in [0.4, 0.5) is 11.8 Å². The zero-order valence-corrected chi connectivity index (χ0v) is 19.5. The van der Waals surface area contributed by atoms with E-state index in [2.05, 4.69) is 59.2 Å². The van der Waals surface area contributed by atoms with Gasteiger partial charge in [-0.1, -0.05) is 20.3 Å². The lowest BCUT2D eigenvalue weighted by atomic mass is 9.89. The molecule has 0 aromatic carbocycles. The number of piperazine rings is 1. The summed E-state index contributed by atoms with van der Waals surface area (Å²) < 4.78 is 5.97. The fourth-order valence-corrected chi connectivity index (χ4v) is 3.95. The Morgan fingerprint density at radius 1 is 1.09 bits per heavy atom. The molecule has 1 saturated heterocycles. The highest BCUT2D eigenvalue weighted by atomic mass is 16.5. The maximum absolute atomic E-state index is 5.97. The third-order valence-corrected chi connectivity index (χ3v) is 5.97. The van der Waals surface area contributed by atoms with Crippen molar-refractivity contribution < 1.29 is 4.74 Å². The van der Waals surface area contributed by atoms with E-state index in [1.165, 1.54) is 25.0 Å². The summed E-state index contributed by atoms with van der Waals surface area (Å²) in [4.78, 5) is 26.9. The molecule has 0 bridgehead atoms. The van der Waals surface area contributed by atoms with Crippen molar-refractivity contribution in [3.8, 4) is 11.9 Å². The van der Waals surface area contributed by atoms with Crippen molar-refractivity contribution in [2.24, 2.45) is 11.0 Å². The van der Waals surface area contributed by atoms with Crippen LogP contribution in [0.1, 0.15) is 51.2 Å². The fraction of sp³-hybridized carbons (Fsp3) is 0.636. The molecular formula is C22H33N9O. The van der Waals surface area contributed by atoms with Crippen molar-refractivity contribution in [1.82, 2.24) is 29.8 Å². The number of likely N-dealkylation sites (N-methyl/N-ethyl adjacent to an activating group) is 1. The number of hydrazone groups is 1. The predicted octanol–water partition coefficient (Wildman–Crippen LogP) is 3.05. The van der Waals surface area contributed by atoms with Crippen LogP contribution < -0.4 is 15.1 Å². The molecule has 0 spiro atoms. The fourth-order valence-electron chi connectivity index (χ4n) is 3.95. The van der Waals surface area contributed by atoms with E-state index in [-0.39, 0.29) is 6.01 Å². The highest BCUT2D eigenvalue weighted by molar-refractivity contribution is 5.87. The van der Waals surface area contributed by atoms with Crippen molar-refractivity contribution in [3.63, 3.8) is 0 Å². The van der Waals surface area contributed by atoms with E-state index in [9.17, 15) is 0 Å². The van der Waals surface area contributed by atoms with Gasteiger partial charge in [0.05, 0.1) is 0 Å². The molecule has 2 aromatic rings. The molecule has 0 amide bonds. The molecule has 10 nitrogen and oxygen atoms in total. The maximum atomic E-state index is 5.97. The van der Waals surface area contributed by atoms with Crippen molar-refractivity contribution in [3.05, 3.63) is 17.7 Å². The molecule has 10 heteroatoms. The summed E-state index contributed by atoms with van der Waals surface area (Å²) in [6, 6.07) is 1.98. The van der Waals surface area contributed by atoms with Gasteiger partial charge in [-0.25, -0.2) is 4.98 Å². The van der Waals surface area contributed by atoms with Crippen molar-refractivity contribution >= 4 is 17.5 Å². The van der Waals surface area contributed by atoms with Crippen LogP contribution in [0.5, 0.6) is 11.9 Å². The minimum absolute atomic E-state index is 0.252. The SMILES string of the molecule is CCc1nc(Oc2cc(N/N=C3\CCCCC3C)nc(C)n2)nc(N2CCN(C)CC2)n1. The number of nitrogens with one attached hydrogen (secondary N) is 1. The van der Waals surface area contributed by atoms with Gasteiger partial charge in [0.2, 0.25) is 11.8 Å². The van der Waals surface area contributed by atoms with Gasteiger partial charge < -0.3 is 14.5 Å². The Hall–Kier alpha value is -2.88. The van der Waals surface area contributed by atoms with Gasteiger partial charge in [0, 0.05) is 44.4 Å². The first-order valence-corrected chi connectivity index (χ1v) is 11.5. The number of nitrogens with zero attached hydrogens (tertiary/aromatic N) is 8.